The minimum absolute atomic E-state index is 0.387. The maximum absolute atomic E-state index is 4.16. The molecule has 18 heavy (non-hydrogen) atoms. The molecule has 0 amide bonds. The van der Waals surface area contributed by atoms with Crippen molar-refractivity contribution in [3.63, 3.8) is 0 Å². The number of aromatic nitrogens is 1. The summed E-state index contributed by atoms with van der Waals surface area (Å²) in [4.78, 5) is 5.50. The third-order valence-corrected chi connectivity index (χ3v) is 4.59. The molecule has 1 aromatic heterocycles. The van der Waals surface area contributed by atoms with Crippen molar-refractivity contribution in [3.05, 3.63) is 50.0 Å². The molecule has 0 saturated carbocycles. The Hall–Kier alpha value is -0.460. The third-order valence-electron chi connectivity index (χ3n) is 2.81. The molecule has 2 aromatic rings. The maximum atomic E-state index is 4.16. The first-order chi connectivity index (χ1) is 8.81. The minimum Gasteiger partial charge on any atom is -0.310 e. The number of nitrogens with zero attached hydrogens (tertiary/aromatic N) is 1. The van der Waals surface area contributed by atoms with Crippen LogP contribution in [0.2, 0.25) is 0 Å². The van der Waals surface area contributed by atoms with Gasteiger partial charge in [0.05, 0.1) is 5.51 Å². The number of thiazole rings is 1. The second-order valence-corrected chi connectivity index (χ2v) is 6.33. The molecule has 2 nitrogen and oxygen atoms in total. The molecular weight excluding hydrogens is 355 g/mol. The normalized spacial score (nSPS) is 12.6. The van der Waals surface area contributed by atoms with Crippen LogP contribution in [0.4, 0.5) is 0 Å². The number of hydrogen-bond acceptors (Lipinski definition) is 3. The standard InChI is InChI=1S/C14H17IN2S/c1-2-7-17-14(8-11-9-16-10-18-11)12-5-3-4-6-13(12)15/h3-6,9-10,14,17H,2,7-8H2,1H3. The first kappa shape index (κ1) is 14.0. The van der Waals surface area contributed by atoms with Crippen molar-refractivity contribution in [2.45, 2.75) is 25.8 Å². The zero-order valence-corrected chi connectivity index (χ0v) is 13.4. The molecule has 0 aliphatic rings. The van der Waals surface area contributed by atoms with E-state index in [1.807, 2.05) is 11.7 Å². The van der Waals surface area contributed by atoms with Crippen LogP contribution in [0.25, 0.3) is 0 Å². The third kappa shape index (κ3) is 3.76. The van der Waals surface area contributed by atoms with Gasteiger partial charge in [-0.3, -0.25) is 4.98 Å². The lowest BCUT2D eigenvalue weighted by molar-refractivity contribution is 0.530. The highest BCUT2D eigenvalue weighted by molar-refractivity contribution is 14.1. The Morgan fingerprint density at radius 1 is 1.39 bits per heavy atom. The highest BCUT2D eigenvalue weighted by atomic mass is 127. The van der Waals surface area contributed by atoms with Gasteiger partial charge in [0.2, 0.25) is 0 Å². The molecule has 0 fully saturated rings. The van der Waals surface area contributed by atoms with E-state index in [0.29, 0.717) is 6.04 Å². The van der Waals surface area contributed by atoms with Crippen LogP contribution in [0, 0.1) is 3.57 Å². The van der Waals surface area contributed by atoms with Gasteiger partial charge in [-0.25, -0.2) is 0 Å². The first-order valence-corrected chi connectivity index (χ1v) is 8.12. The first-order valence-electron chi connectivity index (χ1n) is 6.16. The Kier molecular flexibility index (Phi) is 5.59. The highest BCUT2D eigenvalue weighted by Gasteiger charge is 2.14. The van der Waals surface area contributed by atoms with E-state index in [1.54, 1.807) is 11.3 Å². The predicted octanol–water partition coefficient (Wildman–Crippen LogP) is 4.03. The molecule has 1 N–H and O–H groups in total. The van der Waals surface area contributed by atoms with Gasteiger partial charge in [-0.05, 0) is 47.2 Å². The zero-order chi connectivity index (χ0) is 12.8. The van der Waals surface area contributed by atoms with Crippen LogP contribution in [0.5, 0.6) is 0 Å². The van der Waals surface area contributed by atoms with E-state index in [9.17, 15) is 0 Å². The maximum Gasteiger partial charge on any atom is 0.0794 e. The van der Waals surface area contributed by atoms with Crippen molar-refractivity contribution in [3.8, 4) is 0 Å². The van der Waals surface area contributed by atoms with E-state index in [-0.39, 0.29) is 0 Å². The Labute approximate surface area is 126 Å². The fraction of sp³-hybridized carbons (Fsp3) is 0.357. The molecule has 1 atom stereocenters. The number of benzene rings is 1. The lowest BCUT2D eigenvalue weighted by Gasteiger charge is -2.19. The van der Waals surface area contributed by atoms with Gasteiger partial charge in [-0.1, -0.05) is 25.1 Å². The van der Waals surface area contributed by atoms with Gasteiger partial charge in [0.1, 0.15) is 0 Å². The van der Waals surface area contributed by atoms with E-state index in [4.69, 9.17) is 0 Å². The van der Waals surface area contributed by atoms with Crippen LogP contribution < -0.4 is 5.32 Å². The quantitative estimate of drug-likeness (QED) is 0.775. The fourth-order valence-corrected chi connectivity index (χ4v) is 3.32. The van der Waals surface area contributed by atoms with Gasteiger partial charge < -0.3 is 5.32 Å². The predicted molar refractivity (Wildman–Crippen MR) is 86.0 cm³/mol. The van der Waals surface area contributed by atoms with Gasteiger partial charge in [0, 0.05) is 27.1 Å². The van der Waals surface area contributed by atoms with Gasteiger partial charge in [-0.2, -0.15) is 0 Å². The van der Waals surface area contributed by atoms with E-state index >= 15 is 0 Å². The summed E-state index contributed by atoms with van der Waals surface area (Å²) in [5, 5.41) is 3.64. The SMILES string of the molecule is CCCNC(Cc1cncs1)c1ccccc1I. The Bertz CT molecular complexity index is 470. The van der Waals surface area contributed by atoms with Crippen LogP contribution in [0.15, 0.2) is 36.0 Å². The molecule has 4 heteroatoms. The van der Waals surface area contributed by atoms with Crippen molar-refractivity contribution in [2.75, 3.05) is 6.54 Å². The van der Waals surface area contributed by atoms with E-state index in [1.165, 1.54) is 14.0 Å². The van der Waals surface area contributed by atoms with Gasteiger partial charge in [-0.15, -0.1) is 11.3 Å². The second kappa shape index (κ2) is 7.21. The van der Waals surface area contributed by atoms with Gasteiger partial charge >= 0.3 is 0 Å². The Morgan fingerprint density at radius 2 is 2.22 bits per heavy atom. The van der Waals surface area contributed by atoms with Crippen molar-refractivity contribution in [1.82, 2.24) is 10.3 Å². The lowest BCUT2D eigenvalue weighted by atomic mass is 10.0. The van der Waals surface area contributed by atoms with Crippen LogP contribution in [0.3, 0.4) is 0 Å². The van der Waals surface area contributed by atoms with Crippen LogP contribution in [-0.4, -0.2) is 11.5 Å². The summed E-state index contributed by atoms with van der Waals surface area (Å²) >= 11 is 4.15. The molecule has 0 aliphatic heterocycles. The van der Waals surface area contributed by atoms with Crippen molar-refractivity contribution in [1.29, 1.82) is 0 Å². The molecule has 2 rings (SSSR count). The van der Waals surface area contributed by atoms with E-state index < -0.39 is 0 Å². The smallest absolute Gasteiger partial charge is 0.0794 e. The molecule has 1 heterocycles. The largest absolute Gasteiger partial charge is 0.310 e. The van der Waals surface area contributed by atoms with Crippen LogP contribution in [0.1, 0.15) is 29.8 Å². The summed E-state index contributed by atoms with van der Waals surface area (Å²) < 4.78 is 1.33. The molecule has 0 aliphatic carbocycles. The molecule has 96 valence electrons. The lowest BCUT2D eigenvalue weighted by Crippen LogP contribution is -2.24. The van der Waals surface area contributed by atoms with Crippen molar-refractivity contribution >= 4 is 33.9 Å². The number of hydrogen-bond donors (Lipinski definition) is 1. The molecule has 1 aromatic carbocycles. The topological polar surface area (TPSA) is 24.9 Å². The molecule has 0 bridgehead atoms. The average molecular weight is 372 g/mol. The van der Waals surface area contributed by atoms with Crippen LogP contribution in [-0.2, 0) is 6.42 Å². The zero-order valence-electron chi connectivity index (χ0n) is 10.4. The summed E-state index contributed by atoms with van der Waals surface area (Å²) in [6.07, 6.45) is 4.15. The van der Waals surface area contributed by atoms with E-state index in [2.05, 4.69) is 64.1 Å². The second-order valence-electron chi connectivity index (χ2n) is 4.20. The summed E-state index contributed by atoms with van der Waals surface area (Å²) in [6.45, 7) is 3.25. The number of rotatable bonds is 6. The molecule has 0 radical (unpaired) electrons. The van der Waals surface area contributed by atoms with Gasteiger partial charge in [0.15, 0.2) is 0 Å². The fourth-order valence-electron chi connectivity index (χ4n) is 1.91. The monoisotopic (exact) mass is 372 g/mol. The highest BCUT2D eigenvalue weighted by Crippen LogP contribution is 2.24. The minimum atomic E-state index is 0.387. The summed E-state index contributed by atoms with van der Waals surface area (Å²) in [6, 6.07) is 8.98. The molecule has 1 unspecified atom stereocenters. The number of halogens is 1. The average Bonchev–Trinajstić information content (AvgIpc) is 2.88. The summed E-state index contributed by atoms with van der Waals surface area (Å²) in [5.41, 5.74) is 3.29. The van der Waals surface area contributed by atoms with Crippen LogP contribution >= 0.6 is 33.9 Å². The van der Waals surface area contributed by atoms with Crippen molar-refractivity contribution < 1.29 is 0 Å². The summed E-state index contributed by atoms with van der Waals surface area (Å²) in [7, 11) is 0. The summed E-state index contributed by atoms with van der Waals surface area (Å²) in [5.74, 6) is 0. The molecule has 0 saturated heterocycles. The number of nitrogens with one attached hydrogen (secondary N) is 1. The molecule has 0 spiro atoms. The van der Waals surface area contributed by atoms with Crippen molar-refractivity contribution in [2.24, 2.45) is 0 Å². The molecular formula is C14H17IN2S. The Balaban J connectivity index is 2.16. The van der Waals surface area contributed by atoms with E-state index in [0.717, 1.165) is 19.4 Å². The van der Waals surface area contributed by atoms with Gasteiger partial charge in [0.25, 0.3) is 0 Å². The Morgan fingerprint density at radius 3 is 2.89 bits per heavy atom.